The van der Waals surface area contributed by atoms with E-state index >= 15 is 0 Å². The summed E-state index contributed by atoms with van der Waals surface area (Å²) in [6, 6.07) is 10.0. The normalized spacial score (nSPS) is 10.0. The predicted octanol–water partition coefficient (Wildman–Crippen LogP) is 5.18. The molecule has 0 bridgehead atoms. The van der Waals surface area contributed by atoms with E-state index in [1.807, 2.05) is 36.4 Å². The number of carboxylic acids is 2. The van der Waals surface area contributed by atoms with Gasteiger partial charge >= 0.3 is 11.9 Å². The van der Waals surface area contributed by atoms with E-state index in [-0.39, 0.29) is 0 Å². The molecule has 0 radical (unpaired) electrons. The molecule has 0 unspecified atom stereocenters. The zero-order valence-electron chi connectivity index (χ0n) is 14.7. The molecule has 4 heteroatoms. The molecule has 0 saturated carbocycles. The summed E-state index contributed by atoms with van der Waals surface area (Å²) in [6.45, 7) is 8.96. The summed E-state index contributed by atoms with van der Waals surface area (Å²) < 4.78 is 0. The molecule has 0 aromatic heterocycles. The van der Waals surface area contributed by atoms with Crippen molar-refractivity contribution in [3.63, 3.8) is 0 Å². The quantitative estimate of drug-likeness (QED) is 0.555. The van der Waals surface area contributed by atoms with Crippen LogP contribution in [0, 0.1) is 0 Å². The summed E-state index contributed by atoms with van der Waals surface area (Å²) in [5.41, 5.74) is 1.56. The standard InChI is InChI=1S/C8H8.C7H12O2.C5H8O2/c1-2-8-6-4-3-5-7-8;1-2-3-4-5-6-7(8)9;1-3-4(2)5(6)7/h2-7H,1H2;5-6H,2-4H2,1H3,(H,8,9);3H,1-2H3,(H,6,7). The highest BCUT2D eigenvalue weighted by atomic mass is 16.4. The third-order valence-electron chi connectivity index (χ3n) is 2.79. The van der Waals surface area contributed by atoms with Gasteiger partial charge in [-0.25, -0.2) is 9.59 Å². The average molecular weight is 332 g/mol. The average Bonchev–Trinajstić information content (AvgIpc) is 2.59. The van der Waals surface area contributed by atoms with Crippen molar-refractivity contribution < 1.29 is 19.8 Å². The molecule has 1 rings (SSSR count). The molecule has 0 saturated heterocycles. The lowest BCUT2D eigenvalue weighted by atomic mass is 10.2. The molecule has 0 amide bonds. The minimum absolute atomic E-state index is 0.389. The summed E-state index contributed by atoms with van der Waals surface area (Å²) in [7, 11) is 0. The number of carboxylic acid groups (broad SMARTS) is 2. The third-order valence-corrected chi connectivity index (χ3v) is 2.79. The molecule has 4 nitrogen and oxygen atoms in total. The van der Waals surface area contributed by atoms with Crippen LogP contribution in [-0.4, -0.2) is 22.2 Å². The van der Waals surface area contributed by atoms with Crippen LogP contribution in [0.5, 0.6) is 0 Å². The Morgan fingerprint density at radius 1 is 1.17 bits per heavy atom. The molecule has 0 heterocycles. The van der Waals surface area contributed by atoms with E-state index in [2.05, 4.69) is 13.5 Å². The van der Waals surface area contributed by atoms with Gasteiger partial charge in [-0.3, -0.25) is 0 Å². The lowest BCUT2D eigenvalue weighted by Crippen LogP contribution is -1.93. The first kappa shape index (κ1) is 23.6. The van der Waals surface area contributed by atoms with Crippen LogP contribution in [0.1, 0.15) is 45.6 Å². The second-order valence-corrected chi connectivity index (χ2v) is 4.77. The van der Waals surface area contributed by atoms with Gasteiger partial charge in [0, 0.05) is 11.6 Å². The topological polar surface area (TPSA) is 74.6 Å². The Bertz CT molecular complexity index is 528. The van der Waals surface area contributed by atoms with Gasteiger partial charge in [0.05, 0.1) is 0 Å². The van der Waals surface area contributed by atoms with Crippen LogP contribution >= 0.6 is 0 Å². The summed E-state index contributed by atoms with van der Waals surface area (Å²) in [5, 5.41) is 16.2. The van der Waals surface area contributed by atoms with E-state index in [0.717, 1.165) is 19.3 Å². The van der Waals surface area contributed by atoms with E-state index in [1.54, 1.807) is 26.0 Å². The summed E-state index contributed by atoms with van der Waals surface area (Å²) in [6.07, 6.45) is 9.33. The van der Waals surface area contributed by atoms with Crippen LogP contribution < -0.4 is 0 Å². The molecule has 0 fully saturated rings. The Labute approximate surface area is 144 Å². The highest BCUT2D eigenvalue weighted by molar-refractivity contribution is 5.85. The highest BCUT2D eigenvalue weighted by Gasteiger charge is 1.93. The summed E-state index contributed by atoms with van der Waals surface area (Å²) >= 11 is 0. The number of hydrogen-bond acceptors (Lipinski definition) is 2. The number of benzene rings is 1. The van der Waals surface area contributed by atoms with Crippen molar-refractivity contribution in [2.24, 2.45) is 0 Å². The van der Waals surface area contributed by atoms with E-state index < -0.39 is 11.9 Å². The van der Waals surface area contributed by atoms with Gasteiger partial charge in [0.15, 0.2) is 0 Å². The van der Waals surface area contributed by atoms with Crippen molar-refractivity contribution in [2.75, 3.05) is 0 Å². The van der Waals surface area contributed by atoms with Gasteiger partial charge < -0.3 is 10.2 Å². The maximum Gasteiger partial charge on any atom is 0.330 e. The van der Waals surface area contributed by atoms with Crippen LogP contribution in [0.4, 0.5) is 0 Å². The molecular weight excluding hydrogens is 304 g/mol. The number of unbranched alkanes of at least 4 members (excludes halogenated alkanes) is 2. The largest absolute Gasteiger partial charge is 0.478 e. The molecule has 0 aliphatic rings. The minimum atomic E-state index is -0.855. The molecule has 1 aromatic rings. The first-order chi connectivity index (χ1) is 11.4. The fourth-order valence-corrected chi connectivity index (χ4v) is 1.22. The van der Waals surface area contributed by atoms with Crippen molar-refractivity contribution in [3.8, 4) is 0 Å². The summed E-state index contributed by atoms with van der Waals surface area (Å²) in [5.74, 6) is -1.70. The number of allylic oxidation sites excluding steroid dienone is 2. The van der Waals surface area contributed by atoms with Crippen molar-refractivity contribution in [1.82, 2.24) is 0 Å². The molecule has 132 valence electrons. The van der Waals surface area contributed by atoms with Crippen LogP contribution in [0.15, 0.2) is 60.7 Å². The zero-order valence-corrected chi connectivity index (χ0v) is 14.7. The van der Waals surface area contributed by atoms with Gasteiger partial charge in [-0.15, -0.1) is 0 Å². The monoisotopic (exact) mass is 332 g/mol. The maximum absolute atomic E-state index is 9.88. The van der Waals surface area contributed by atoms with Crippen molar-refractivity contribution in [2.45, 2.75) is 40.0 Å². The van der Waals surface area contributed by atoms with Gasteiger partial charge in [-0.1, -0.05) is 74.9 Å². The van der Waals surface area contributed by atoms with Crippen molar-refractivity contribution in [3.05, 3.63) is 66.3 Å². The Morgan fingerprint density at radius 2 is 1.75 bits per heavy atom. The van der Waals surface area contributed by atoms with Gasteiger partial charge in [0.25, 0.3) is 0 Å². The number of hydrogen-bond donors (Lipinski definition) is 2. The maximum atomic E-state index is 9.88. The lowest BCUT2D eigenvalue weighted by Gasteiger charge is -1.85. The predicted molar refractivity (Wildman–Crippen MR) is 99.9 cm³/mol. The van der Waals surface area contributed by atoms with E-state index in [0.29, 0.717) is 5.57 Å². The third kappa shape index (κ3) is 17.4. The van der Waals surface area contributed by atoms with Crippen molar-refractivity contribution in [1.29, 1.82) is 0 Å². The van der Waals surface area contributed by atoms with Gasteiger partial charge in [-0.05, 0) is 25.8 Å². The molecule has 0 aliphatic carbocycles. The van der Waals surface area contributed by atoms with Gasteiger partial charge in [0.1, 0.15) is 0 Å². The van der Waals surface area contributed by atoms with Gasteiger partial charge in [0.2, 0.25) is 0 Å². The Hall–Kier alpha value is -2.62. The minimum Gasteiger partial charge on any atom is -0.478 e. The van der Waals surface area contributed by atoms with Crippen LogP contribution in [0.25, 0.3) is 6.08 Å². The van der Waals surface area contributed by atoms with E-state index in [9.17, 15) is 9.59 Å². The Morgan fingerprint density at radius 3 is 2.04 bits per heavy atom. The van der Waals surface area contributed by atoms with Crippen LogP contribution in [0.3, 0.4) is 0 Å². The molecular formula is C20H28O4. The lowest BCUT2D eigenvalue weighted by molar-refractivity contribution is -0.133. The van der Waals surface area contributed by atoms with Crippen LogP contribution in [-0.2, 0) is 9.59 Å². The van der Waals surface area contributed by atoms with Crippen molar-refractivity contribution >= 4 is 18.0 Å². The Balaban J connectivity index is 0. The molecule has 2 N–H and O–H groups in total. The second-order valence-electron chi connectivity index (χ2n) is 4.77. The Kier molecular flexibility index (Phi) is 16.5. The number of aliphatic carboxylic acids is 2. The summed E-state index contributed by atoms with van der Waals surface area (Å²) in [4.78, 5) is 19.7. The van der Waals surface area contributed by atoms with Crippen LogP contribution in [0.2, 0.25) is 0 Å². The molecule has 24 heavy (non-hydrogen) atoms. The molecule has 0 aliphatic heterocycles. The zero-order chi connectivity index (χ0) is 18.8. The first-order valence-electron chi connectivity index (χ1n) is 7.82. The fourth-order valence-electron chi connectivity index (χ4n) is 1.22. The molecule has 0 spiro atoms. The highest BCUT2D eigenvalue weighted by Crippen LogP contribution is 1.97. The SMILES string of the molecule is C=Cc1ccccc1.CC=C(C)C(=O)O.CCCCC=CC(=O)O. The fraction of sp³-hybridized carbons (Fsp3) is 0.300. The first-order valence-corrected chi connectivity index (χ1v) is 7.82. The molecule has 0 atom stereocenters. The number of rotatable bonds is 6. The van der Waals surface area contributed by atoms with E-state index in [1.165, 1.54) is 11.6 Å². The smallest absolute Gasteiger partial charge is 0.330 e. The number of carbonyl (C=O) groups is 2. The van der Waals surface area contributed by atoms with E-state index in [4.69, 9.17) is 10.2 Å². The van der Waals surface area contributed by atoms with Gasteiger partial charge in [-0.2, -0.15) is 0 Å². The second kappa shape index (κ2) is 16.7. The molecule has 1 aromatic carbocycles.